The molecule has 0 aliphatic carbocycles. The average molecular weight is 732 g/mol. The first kappa shape index (κ1) is 28.8. The van der Waals surface area contributed by atoms with Crippen LogP contribution in [-0.2, 0) is 25.5 Å². The molecule has 4 nitrogen and oxygen atoms in total. The zero-order valence-corrected chi connectivity index (χ0v) is 26.8. The van der Waals surface area contributed by atoms with Gasteiger partial charge in [-0.1, -0.05) is 69.0 Å². The monoisotopic (exact) mass is 732 g/mol. The van der Waals surface area contributed by atoms with Crippen LogP contribution >= 0.6 is 11.3 Å². The molecule has 0 N–H and O–H groups in total. The Labute approximate surface area is 257 Å². The molecule has 0 saturated heterocycles. The van der Waals surface area contributed by atoms with Crippen LogP contribution in [0.5, 0.6) is 0 Å². The summed E-state index contributed by atoms with van der Waals surface area (Å²) in [5.74, 6) is 0. The molecule has 4 aromatic heterocycles. The van der Waals surface area contributed by atoms with Crippen LogP contribution in [0.25, 0.3) is 54.7 Å². The smallest absolute Gasteiger partial charge is 0.148 e. The summed E-state index contributed by atoms with van der Waals surface area (Å²) in [4.78, 5) is 13.7. The molecule has 0 bridgehead atoms. The first-order valence-electron chi connectivity index (χ1n) is 13.3. The molecule has 0 aliphatic heterocycles. The third kappa shape index (κ3) is 5.87. The number of hydrogen-bond donors (Lipinski definition) is 0. The number of pyridine rings is 2. The average Bonchev–Trinajstić information content (AvgIpc) is 3.57. The number of fused-ring (bicyclic) bond motifs is 5. The number of rotatable bonds is 2. The maximum atomic E-state index is 6.35. The summed E-state index contributed by atoms with van der Waals surface area (Å²) < 4.78 is 7.51. The van der Waals surface area contributed by atoms with Crippen LogP contribution in [0.4, 0.5) is 0 Å². The van der Waals surface area contributed by atoms with Gasteiger partial charge in [-0.05, 0) is 36.0 Å². The molecule has 0 unspecified atom stereocenters. The minimum absolute atomic E-state index is 0. The van der Waals surface area contributed by atoms with Crippen molar-refractivity contribution in [1.82, 2.24) is 15.0 Å². The normalized spacial score (nSPS) is 11.3. The van der Waals surface area contributed by atoms with Gasteiger partial charge >= 0.3 is 0 Å². The molecular weight excluding hydrogens is 703 g/mol. The van der Waals surface area contributed by atoms with E-state index < -0.39 is 0 Å². The van der Waals surface area contributed by atoms with Crippen LogP contribution in [0, 0.1) is 26.0 Å². The fraction of sp³-hybridized carbons (Fsp3) is 0.171. The van der Waals surface area contributed by atoms with Crippen molar-refractivity contribution in [1.29, 1.82) is 0 Å². The molecule has 7 aromatic rings. The number of aromatic nitrogens is 3. The van der Waals surface area contributed by atoms with Gasteiger partial charge in [0.05, 0.1) is 15.3 Å². The molecule has 0 spiro atoms. The Morgan fingerprint density at radius 1 is 0.780 bits per heavy atom. The Hall–Kier alpha value is -3.70. The molecule has 4 heterocycles. The fourth-order valence-electron chi connectivity index (χ4n) is 4.50. The quantitative estimate of drug-likeness (QED) is 0.166. The van der Waals surface area contributed by atoms with E-state index in [9.17, 15) is 0 Å². The van der Waals surface area contributed by atoms with E-state index in [2.05, 4.69) is 80.1 Å². The Bertz CT molecular complexity index is 1890. The van der Waals surface area contributed by atoms with Gasteiger partial charge in [0.2, 0.25) is 0 Å². The van der Waals surface area contributed by atoms with Crippen LogP contribution in [0.2, 0.25) is 0 Å². The van der Waals surface area contributed by atoms with E-state index in [1.807, 2.05) is 55.6 Å². The summed E-state index contributed by atoms with van der Waals surface area (Å²) in [7, 11) is 0. The second-order valence-electron chi connectivity index (χ2n) is 11.0. The summed E-state index contributed by atoms with van der Waals surface area (Å²) >= 11 is 1.74. The molecule has 0 amide bonds. The number of thiazole rings is 1. The van der Waals surface area contributed by atoms with Crippen molar-refractivity contribution < 1.29 is 24.5 Å². The van der Waals surface area contributed by atoms with E-state index in [4.69, 9.17) is 9.40 Å². The van der Waals surface area contributed by atoms with Crippen molar-refractivity contribution in [2.24, 2.45) is 0 Å². The molecule has 0 atom stereocenters. The zero-order chi connectivity index (χ0) is 27.9. The van der Waals surface area contributed by atoms with Gasteiger partial charge in [0.25, 0.3) is 0 Å². The van der Waals surface area contributed by atoms with Crippen LogP contribution in [0.3, 0.4) is 0 Å². The number of aryl methyl sites for hydroxylation is 2. The summed E-state index contributed by atoms with van der Waals surface area (Å²) in [6.45, 7) is 10.7. The molecule has 0 saturated carbocycles. The van der Waals surface area contributed by atoms with Crippen molar-refractivity contribution >= 4 is 43.5 Å². The van der Waals surface area contributed by atoms with Crippen LogP contribution < -0.4 is 0 Å². The molecule has 41 heavy (non-hydrogen) atoms. The summed E-state index contributed by atoms with van der Waals surface area (Å²) in [6, 6.07) is 30.8. The van der Waals surface area contributed by atoms with E-state index in [1.54, 1.807) is 17.5 Å². The van der Waals surface area contributed by atoms with E-state index >= 15 is 0 Å². The molecule has 6 heteroatoms. The molecular formula is C35H29IrN3OS-2. The van der Waals surface area contributed by atoms with E-state index in [0.717, 1.165) is 59.7 Å². The van der Waals surface area contributed by atoms with Gasteiger partial charge < -0.3 is 14.4 Å². The third-order valence-corrected chi connectivity index (χ3v) is 8.12. The first-order chi connectivity index (χ1) is 19.3. The Kier molecular flexibility index (Phi) is 8.19. The maximum Gasteiger partial charge on any atom is 0.148 e. The summed E-state index contributed by atoms with van der Waals surface area (Å²) in [5, 5.41) is 3.29. The number of benzene rings is 3. The van der Waals surface area contributed by atoms with E-state index in [1.165, 1.54) is 11.1 Å². The standard InChI is InChI=1S/C22H17N2OS.C13H12N.Ir/c1-22(2,3)21-24-18-17(26-21)11-10-14-13-7-6-8-15(19(13)25-20(14)18)16-9-4-5-12-23-16;1-10-3-6-12(7-4-10)13-8-5-11(2)9-14-13;/h4-7,9-12H,1-3H3;3-6,8-9H,1-2H3;/q2*-1;. The Balaban J connectivity index is 0.000000192. The van der Waals surface area contributed by atoms with Crippen molar-refractivity contribution in [3.05, 3.63) is 113 Å². The van der Waals surface area contributed by atoms with Crippen molar-refractivity contribution in [2.45, 2.75) is 40.0 Å². The maximum absolute atomic E-state index is 6.35. The minimum atomic E-state index is 0. The fourth-order valence-corrected chi connectivity index (χ4v) is 5.52. The molecule has 7 rings (SSSR count). The molecule has 207 valence electrons. The second-order valence-corrected chi connectivity index (χ2v) is 12.0. The van der Waals surface area contributed by atoms with Crippen molar-refractivity contribution in [3.63, 3.8) is 0 Å². The molecule has 0 aliphatic rings. The largest absolute Gasteiger partial charge is 0.498 e. The van der Waals surface area contributed by atoms with Gasteiger partial charge in [0, 0.05) is 43.3 Å². The van der Waals surface area contributed by atoms with E-state index in [0.29, 0.717) is 0 Å². The second kappa shape index (κ2) is 11.7. The van der Waals surface area contributed by atoms with Gasteiger partial charge in [-0.15, -0.1) is 64.9 Å². The van der Waals surface area contributed by atoms with E-state index in [-0.39, 0.29) is 25.5 Å². The predicted octanol–water partition coefficient (Wildman–Crippen LogP) is 9.52. The van der Waals surface area contributed by atoms with Gasteiger partial charge in [-0.2, -0.15) is 0 Å². The first-order valence-corrected chi connectivity index (χ1v) is 14.1. The van der Waals surface area contributed by atoms with Crippen LogP contribution in [0.1, 0.15) is 36.9 Å². The topological polar surface area (TPSA) is 51.8 Å². The van der Waals surface area contributed by atoms with Gasteiger partial charge in [0.1, 0.15) is 11.1 Å². The SMILES string of the molecule is CC(C)(C)c1nc2c(ccc3c4cc[c-]c(-c5ccccn5)c4oc32)s1.Cc1c[c-]c(-c2ccc(C)cn2)cc1.[Ir]. The van der Waals surface area contributed by atoms with Crippen molar-refractivity contribution in [2.75, 3.05) is 0 Å². The molecule has 3 aromatic carbocycles. The molecule has 1 radical (unpaired) electrons. The third-order valence-electron chi connectivity index (χ3n) is 6.68. The number of hydrogen-bond acceptors (Lipinski definition) is 5. The number of furan rings is 1. The number of nitrogens with zero attached hydrogens (tertiary/aromatic N) is 3. The van der Waals surface area contributed by atoms with Crippen molar-refractivity contribution in [3.8, 4) is 22.5 Å². The Morgan fingerprint density at radius 2 is 1.59 bits per heavy atom. The Morgan fingerprint density at radius 3 is 2.27 bits per heavy atom. The van der Waals surface area contributed by atoms with Gasteiger partial charge in [0.15, 0.2) is 0 Å². The van der Waals surface area contributed by atoms with Gasteiger partial charge in [-0.25, -0.2) is 4.98 Å². The summed E-state index contributed by atoms with van der Waals surface area (Å²) in [5.41, 5.74) is 8.82. The molecule has 0 fully saturated rings. The zero-order valence-electron chi connectivity index (χ0n) is 23.6. The van der Waals surface area contributed by atoms with Crippen LogP contribution in [-0.4, -0.2) is 15.0 Å². The predicted molar refractivity (Wildman–Crippen MR) is 166 cm³/mol. The van der Waals surface area contributed by atoms with Gasteiger partial charge in [-0.3, -0.25) is 0 Å². The van der Waals surface area contributed by atoms with Crippen LogP contribution in [0.15, 0.2) is 89.6 Å². The summed E-state index contributed by atoms with van der Waals surface area (Å²) in [6.07, 6.45) is 3.67. The minimum Gasteiger partial charge on any atom is -0.498 e.